The van der Waals surface area contributed by atoms with Crippen LogP contribution in [-0.4, -0.2) is 41.4 Å². The summed E-state index contributed by atoms with van der Waals surface area (Å²) in [7, 11) is 0. The number of halogens is 1. The van der Waals surface area contributed by atoms with E-state index in [0.717, 1.165) is 0 Å². The van der Waals surface area contributed by atoms with E-state index in [-0.39, 0.29) is 16.0 Å². The lowest BCUT2D eigenvalue weighted by Crippen LogP contribution is -2.71. The molecule has 110 valence electrons. The molecule has 21 heavy (non-hydrogen) atoms. The van der Waals surface area contributed by atoms with E-state index in [0.29, 0.717) is 5.56 Å². The molecule has 0 spiro atoms. The minimum atomic E-state index is -1.09. The summed E-state index contributed by atoms with van der Waals surface area (Å²) in [4.78, 5) is 18.1. The van der Waals surface area contributed by atoms with Crippen LogP contribution in [0.5, 0.6) is 0 Å². The van der Waals surface area contributed by atoms with Crippen LogP contribution in [0.4, 0.5) is 0 Å². The SMILES string of the molecule is CC1(C)SC2N(C(=O)C2(Br)C(O)c2cccnc2)C1C#N. The molecule has 4 unspecified atom stereocenters. The van der Waals surface area contributed by atoms with Crippen molar-refractivity contribution < 1.29 is 9.90 Å². The normalized spacial score (nSPS) is 34.8. The minimum Gasteiger partial charge on any atom is -0.386 e. The Hall–Kier alpha value is -1.10. The van der Waals surface area contributed by atoms with Crippen LogP contribution >= 0.6 is 27.7 Å². The number of aliphatic hydroxyl groups is 1. The monoisotopic (exact) mass is 367 g/mol. The molecule has 1 N–H and O–H groups in total. The van der Waals surface area contributed by atoms with Gasteiger partial charge in [-0.2, -0.15) is 5.26 Å². The van der Waals surface area contributed by atoms with Crippen molar-refractivity contribution in [2.24, 2.45) is 0 Å². The third kappa shape index (κ3) is 1.86. The molecule has 1 aromatic heterocycles. The number of rotatable bonds is 2. The van der Waals surface area contributed by atoms with Crippen molar-refractivity contribution in [2.75, 3.05) is 0 Å². The second-order valence-electron chi connectivity index (χ2n) is 5.77. The predicted molar refractivity (Wildman–Crippen MR) is 82.6 cm³/mol. The Morgan fingerprint density at radius 1 is 1.62 bits per heavy atom. The number of aliphatic hydroxyl groups excluding tert-OH is 1. The van der Waals surface area contributed by atoms with E-state index >= 15 is 0 Å². The Bertz CT molecular complexity index is 633. The van der Waals surface area contributed by atoms with Gasteiger partial charge in [0.1, 0.15) is 17.5 Å². The molecule has 2 fully saturated rings. The fourth-order valence-electron chi connectivity index (χ4n) is 2.88. The van der Waals surface area contributed by atoms with E-state index in [1.54, 1.807) is 29.4 Å². The van der Waals surface area contributed by atoms with Gasteiger partial charge in [-0.05, 0) is 19.9 Å². The number of thioether (sulfide) groups is 1. The van der Waals surface area contributed by atoms with Crippen molar-refractivity contribution in [1.82, 2.24) is 9.88 Å². The summed E-state index contributed by atoms with van der Waals surface area (Å²) < 4.78 is -1.46. The van der Waals surface area contributed by atoms with Gasteiger partial charge in [-0.15, -0.1) is 11.8 Å². The first kappa shape index (κ1) is 14.8. The number of nitriles is 1. The van der Waals surface area contributed by atoms with Crippen LogP contribution < -0.4 is 0 Å². The van der Waals surface area contributed by atoms with Crippen LogP contribution in [0.25, 0.3) is 0 Å². The third-order valence-corrected chi connectivity index (χ3v) is 7.21. The minimum absolute atomic E-state index is 0.242. The molecule has 7 heteroatoms. The van der Waals surface area contributed by atoms with Gasteiger partial charge in [-0.3, -0.25) is 9.78 Å². The molecular weight excluding hydrogens is 354 g/mol. The summed E-state index contributed by atoms with van der Waals surface area (Å²) >= 11 is 4.99. The Morgan fingerprint density at radius 2 is 2.33 bits per heavy atom. The topological polar surface area (TPSA) is 77.2 Å². The fourth-order valence-corrected chi connectivity index (χ4v) is 5.45. The second-order valence-corrected chi connectivity index (χ2v) is 8.82. The zero-order valence-corrected chi connectivity index (χ0v) is 13.9. The van der Waals surface area contributed by atoms with E-state index in [2.05, 4.69) is 27.0 Å². The lowest BCUT2D eigenvalue weighted by atomic mass is 9.85. The molecule has 2 aliphatic heterocycles. The number of carbonyl (C=O) groups excluding carboxylic acids is 1. The maximum atomic E-state index is 12.6. The zero-order valence-electron chi connectivity index (χ0n) is 11.5. The molecule has 5 nitrogen and oxygen atoms in total. The largest absolute Gasteiger partial charge is 0.386 e. The van der Waals surface area contributed by atoms with Crippen LogP contribution in [0.3, 0.4) is 0 Å². The van der Waals surface area contributed by atoms with Crippen molar-refractivity contribution in [1.29, 1.82) is 5.26 Å². The summed E-state index contributed by atoms with van der Waals surface area (Å²) in [6.07, 6.45) is 2.17. The molecule has 0 saturated carbocycles. The Balaban J connectivity index is 1.95. The van der Waals surface area contributed by atoms with Gasteiger partial charge < -0.3 is 10.0 Å². The van der Waals surface area contributed by atoms with Crippen molar-refractivity contribution in [2.45, 2.75) is 40.4 Å². The standard InChI is InChI=1S/C14H14BrN3O2S/c1-13(2)9(6-16)18-11(20)14(15,12(18)21-13)10(19)8-4-3-5-17-7-8/h3-5,7,9-10,12,19H,1-2H3. The van der Waals surface area contributed by atoms with Crippen LogP contribution in [-0.2, 0) is 4.79 Å². The number of β-lactam (4-membered cyclic amide) rings is 1. The predicted octanol–water partition coefficient (Wildman–Crippen LogP) is 1.83. The van der Waals surface area contributed by atoms with Crippen molar-refractivity contribution in [3.8, 4) is 6.07 Å². The first-order valence-electron chi connectivity index (χ1n) is 6.51. The summed E-state index contributed by atoms with van der Waals surface area (Å²) in [5.41, 5.74) is 0.584. The average molecular weight is 368 g/mol. The molecular formula is C14H14BrN3O2S. The van der Waals surface area contributed by atoms with Crippen LogP contribution in [0.2, 0.25) is 0 Å². The Morgan fingerprint density at radius 3 is 2.90 bits per heavy atom. The molecule has 2 saturated heterocycles. The molecule has 2 aliphatic rings. The van der Waals surface area contributed by atoms with E-state index < -0.39 is 16.5 Å². The quantitative estimate of drug-likeness (QED) is 0.637. The summed E-state index contributed by atoms with van der Waals surface area (Å²) in [5, 5.41) is 19.7. The summed E-state index contributed by atoms with van der Waals surface area (Å²) in [6.45, 7) is 3.89. The highest BCUT2D eigenvalue weighted by Crippen LogP contribution is 2.61. The molecule has 0 aliphatic carbocycles. The van der Waals surface area contributed by atoms with Gasteiger partial charge in [0.05, 0.1) is 6.07 Å². The number of amides is 1. The van der Waals surface area contributed by atoms with Crippen LogP contribution in [0.1, 0.15) is 25.5 Å². The first-order chi connectivity index (χ1) is 9.84. The molecule has 4 atom stereocenters. The lowest BCUT2D eigenvalue weighted by Gasteiger charge is -2.51. The number of carbonyl (C=O) groups is 1. The number of aromatic nitrogens is 1. The van der Waals surface area contributed by atoms with Crippen LogP contribution in [0, 0.1) is 11.3 Å². The van der Waals surface area contributed by atoms with Crippen molar-refractivity contribution >= 4 is 33.6 Å². The van der Waals surface area contributed by atoms with Crippen molar-refractivity contribution in [3.63, 3.8) is 0 Å². The molecule has 0 aromatic carbocycles. The maximum Gasteiger partial charge on any atom is 0.247 e. The number of alkyl halides is 1. The highest BCUT2D eigenvalue weighted by atomic mass is 79.9. The zero-order chi connectivity index (χ0) is 15.4. The highest BCUT2D eigenvalue weighted by Gasteiger charge is 2.71. The van der Waals surface area contributed by atoms with E-state index in [1.807, 2.05) is 13.8 Å². The highest BCUT2D eigenvalue weighted by molar-refractivity contribution is 9.10. The van der Waals surface area contributed by atoms with Gasteiger partial charge in [0.2, 0.25) is 5.91 Å². The second kappa shape index (κ2) is 4.70. The van der Waals surface area contributed by atoms with Crippen LogP contribution in [0.15, 0.2) is 24.5 Å². The number of hydrogen-bond acceptors (Lipinski definition) is 5. The molecule has 3 heterocycles. The molecule has 3 rings (SSSR count). The maximum absolute atomic E-state index is 12.6. The molecule has 1 amide bonds. The number of fused-ring (bicyclic) bond motifs is 1. The van der Waals surface area contributed by atoms with E-state index in [4.69, 9.17) is 0 Å². The third-order valence-electron chi connectivity index (χ3n) is 4.05. The summed E-state index contributed by atoms with van der Waals surface area (Å²) in [6, 6.07) is 5.18. The van der Waals surface area contributed by atoms with E-state index in [9.17, 15) is 15.2 Å². The summed E-state index contributed by atoms with van der Waals surface area (Å²) in [5.74, 6) is -0.242. The van der Waals surface area contributed by atoms with Gasteiger partial charge >= 0.3 is 0 Å². The smallest absolute Gasteiger partial charge is 0.247 e. The number of pyridine rings is 1. The van der Waals surface area contributed by atoms with Gasteiger partial charge in [0, 0.05) is 22.7 Å². The number of nitrogens with zero attached hydrogens (tertiary/aromatic N) is 3. The fraction of sp³-hybridized carbons (Fsp3) is 0.500. The molecule has 0 radical (unpaired) electrons. The number of hydrogen-bond donors (Lipinski definition) is 1. The average Bonchev–Trinajstić information content (AvgIpc) is 2.75. The van der Waals surface area contributed by atoms with Gasteiger partial charge in [0.25, 0.3) is 0 Å². The van der Waals surface area contributed by atoms with Crippen molar-refractivity contribution in [3.05, 3.63) is 30.1 Å². The first-order valence-corrected chi connectivity index (χ1v) is 8.18. The van der Waals surface area contributed by atoms with Gasteiger partial charge in [-0.25, -0.2) is 0 Å². The molecule has 0 bridgehead atoms. The Labute approximate surface area is 135 Å². The van der Waals surface area contributed by atoms with E-state index in [1.165, 1.54) is 11.8 Å². The molecule has 1 aromatic rings. The van der Waals surface area contributed by atoms with Gasteiger partial charge in [0.15, 0.2) is 4.32 Å². The Kier molecular flexibility index (Phi) is 3.32. The van der Waals surface area contributed by atoms with Gasteiger partial charge in [-0.1, -0.05) is 22.0 Å². The lowest BCUT2D eigenvalue weighted by molar-refractivity contribution is -0.153.